The lowest BCUT2D eigenvalue weighted by Crippen LogP contribution is -2.15. The fraction of sp³-hybridized carbons (Fsp3) is 0.429. The highest BCUT2D eigenvalue weighted by Gasteiger charge is 2.23. The normalized spacial score (nSPS) is 10.2. The van der Waals surface area contributed by atoms with Crippen molar-refractivity contribution < 1.29 is 19.1 Å². The van der Waals surface area contributed by atoms with Gasteiger partial charge in [0.25, 0.3) is 0 Å². The summed E-state index contributed by atoms with van der Waals surface area (Å²) in [4.78, 5) is 24.1. The average molecular weight is 408 g/mol. The van der Waals surface area contributed by atoms with E-state index in [2.05, 4.69) is 31.9 Å². The minimum Gasteiger partial charge on any atom is -0.462 e. The van der Waals surface area contributed by atoms with Gasteiger partial charge in [-0.15, -0.1) is 0 Å². The molecule has 0 spiro atoms. The molecule has 0 heterocycles. The number of carbonyl (C=O) groups is 2. The highest BCUT2D eigenvalue weighted by Crippen LogP contribution is 2.27. The zero-order chi connectivity index (χ0) is 15.1. The molecule has 0 bridgehead atoms. The summed E-state index contributed by atoms with van der Waals surface area (Å²) in [6, 6.07) is 3.25. The molecule has 0 aliphatic heterocycles. The van der Waals surface area contributed by atoms with Gasteiger partial charge in [-0.2, -0.15) is 0 Å². The minimum absolute atomic E-state index is 0.195. The predicted octanol–water partition coefficient (Wildman–Crippen LogP) is 4.35. The summed E-state index contributed by atoms with van der Waals surface area (Å²) in [7, 11) is 0. The lowest BCUT2D eigenvalue weighted by atomic mass is 10.1. The van der Waals surface area contributed by atoms with E-state index in [1.165, 1.54) is 0 Å². The van der Waals surface area contributed by atoms with E-state index in [4.69, 9.17) is 9.47 Å². The Morgan fingerprint density at radius 1 is 1.00 bits per heavy atom. The first kappa shape index (κ1) is 17.2. The third-order valence-electron chi connectivity index (χ3n) is 2.35. The zero-order valence-corrected chi connectivity index (χ0v) is 14.5. The second-order valence-electron chi connectivity index (χ2n) is 4.08. The van der Waals surface area contributed by atoms with Gasteiger partial charge in [0.1, 0.15) is 0 Å². The molecule has 0 N–H and O–H groups in total. The predicted molar refractivity (Wildman–Crippen MR) is 83.0 cm³/mol. The van der Waals surface area contributed by atoms with Crippen LogP contribution in [0.2, 0.25) is 0 Å². The fourth-order valence-electron chi connectivity index (χ4n) is 1.48. The zero-order valence-electron chi connectivity index (χ0n) is 11.4. The first-order chi connectivity index (χ1) is 9.51. The van der Waals surface area contributed by atoms with E-state index in [1.54, 1.807) is 12.1 Å². The van der Waals surface area contributed by atoms with Gasteiger partial charge in [-0.25, -0.2) is 9.59 Å². The molecule has 0 fully saturated rings. The molecule has 0 aromatic heterocycles. The number of rotatable bonds is 6. The molecule has 0 unspecified atom stereocenters. The van der Waals surface area contributed by atoms with Crippen molar-refractivity contribution in [2.45, 2.75) is 26.7 Å². The van der Waals surface area contributed by atoms with Gasteiger partial charge in [-0.3, -0.25) is 0 Å². The lowest BCUT2D eigenvalue weighted by Gasteiger charge is -2.11. The molecule has 0 aliphatic carbocycles. The molecule has 0 saturated heterocycles. The summed E-state index contributed by atoms with van der Waals surface area (Å²) in [5.41, 5.74) is 0.392. The van der Waals surface area contributed by atoms with Crippen LogP contribution in [0.1, 0.15) is 47.4 Å². The van der Waals surface area contributed by atoms with Crippen molar-refractivity contribution in [1.29, 1.82) is 0 Å². The van der Waals surface area contributed by atoms with Crippen molar-refractivity contribution in [3.05, 3.63) is 32.2 Å². The third kappa shape index (κ3) is 4.59. The van der Waals surface area contributed by atoms with Gasteiger partial charge in [0.05, 0.1) is 24.3 Å². The Labute approximate surface area is 135 Å². The number of benzene rings is 1. The standard InChI is InChI=1S/C14H16Br2O4/c1-3-5-19-13(17)10-7-9(15)8-11(16)12(10)14(18)20-6-4-2/h7-8H,3-6H2,1-2H3. The van der Waals surface area contributed by atoms with E-state index in [9.17, 15) is 9.59 Å². The van der Waals surface area contributed by atoms with E-state index in [0.717, 1.165) is 12.8 Å². The first-order valence-corrected chi connectivity index (χ1v) is 7.93. The van der Waals surface area contributed by atoms with Gasteiger partial charge in [-0.1, -0.05) is 29.8 Å². The van der Waals surface area contributed by atoms with Gasteiger partial charge in [0, 0.05) is 8.95 Å². The van der Waals surface area contributed by atoms with Crippen molar-refractivity contribution >= 4 is 43.8 Å². The van der Waals surface area contributed by atoms with Gasteiger partial charge in [0.15, 0.2) is 0 Å². The highest BCUT2D eigenvalue weighted by molar-refractivity contribution is 9.11. The monoisotopic (exact) mass is 406 g/mol. The van der Waals surface area contributed by atoms with E-state index < -0.39 is 11.9 Å². The Morgan fingerprint density at radius 2 is 1.55 bits per heavy atom. The molecule has 1 rings (SSSR count). The topological polar surface area (TPSA) is 52.6 Å². The molecule has 1 aromatic rings. The SMILES string of the molecule is CCCOC(=O)c1cc(Br)cc(Br)c1C(=O)OCCC. The quantitative estimate of drug-likeness (QED) is 0.658. The minimum atomic E-state index is -0.533. The van der Waals surface area contributed by atoms with E-state index in [1.807, 2.05) is 13.8 Å². The maximum absolute atomic E-state index is 12.1. The Kier molecular flexibility index (Phi) is 7.23. The van der Waals surface area contributed by atoms with Crippen molar-refractivity contribution in [3.63, 3.8) is 0 Å². The van der Waals surface area contributed by atoms with Crippen molar-refractivity contribution in [3.8, 4) is 0 Å². The van der Waals surface area contributed by atoms with Gasteiger partial charge in [0.2, 0.25) is 0 Å². The van der Waals surface area contributed by atoms with Gasteiger partial charge >= 0.3 is 11.9 Å². The summed E-state index contributed by atoms with van der Waals surface area (Å²) in [5.74, 6) is -1.06. The Bertz CT molecular complexity index is 500. The Hall–Kier alpha value is -0.880. The number of halogens is 2. The van der Waals surface area contributed by atoms with Crippen LogP contribution in [-0.2, 0) is 9.47 Å². The molecule has 0 aliphatic rings. The Morgan fingerprint density at radius 3 is 2.10 bits per heavy atom. The van der Waals surface area contributed by atoms with E-state index in [-0.39, 0.29) is 11.1 Å². The second kappa shape index (κ2) is 8.42. The van der Waals surface area contributed by atoms with Crippen LogP contribution in [-0.4, -0.2) is 25.2 Å². The molecule has 6 heteroatoms. The molecule has 0 amide bonds. The highest BCUT2D eigenvalue weighted by atomic mass is 79.9. The summed E-state index contributed by atoms with van der Waals surface area (Å²) >= 11 is 6.58. The number of carbonyl (C=O) groups excluding carboxylic acids is 2. The molecule has 1 aromatic carbocycles. The smallest absolute Gasteiger partial charge is 0.340 e. The summed E-state index contributed by atoms with van der Waals surface area (Å²) in [6.07, 6.45) is 1.44. The van der Waals surface area contributed by atoms with Crippen LogP contribution in [0.25, 0.3) is 0 Å². The van der Waals surface area contributed by atoms with E-state index in [0.29, 0.717) is 22.2 Å². The van der Waals surface area contributed by atoms with Crippen LogP contribution in [0.3, 0.4) is 0 Å². The molecule has 20 heavy (non-hydrogen) atoms. The van der Waals surface area contributed by atoms with Gasteiger partial charge < -0.3 is 9.47 Å². The molecule has 0 atom stereocenters. The number of hydrogen-bond acceptors (Lipinski definition) is 4. The van der Waals surface area contributed by atoms with Crippen molar-refractivity contribution in [2.75, 3.05) is 13.2 Å². The van der Waals surface area contributed by atoms with E-state index >= 15 is 0 Å². The fourth-order valence-corrected chi connectivity index (χ4v) is 2.87. The largest absolute Gasteiger partial charge is 0.462 e. The third-order valence-corrected chi connectivity index (χ3v) is 3.44. The van der Waals surface area contributed by atoms with Crippen LogP contribution < -0.4 is 0 Å². The van der Waals surface area contributed by atoms with Crippen LogP contribution in [0, 0.1) is 0 Å². The molecular weight excluding hydrogens is 392 g/mol. The molecule has 4 nitrogen and oxygen atoms in total. The maximum atomic E-state index is 12.1. The van der Waals surface area contributed by atoms with Crippen LogP contribution in [0.5, 0.6) is 0 Å². The number of ether oxygens (including phenoxy) is 2. The first-order valence-electron chi connectivity index (χ1n) is 6.34. The molecule has 110 valence electrons. The van der Waals surface area contributed by atoms with Crippen molar-refractivity contribution in [2.24, 2.45) is 0 Å². The molecular formula is C14H16Br2O4. The van der Waals surface area contributed by atoms with Crippen LogP contribution in [0.15, 0.2) is 21.1 Å². The molecule has 0 radical (unpaired) electrons. The van der Waals surface area contributed by atoms with Crippen LogP contribution >= 0.6 is 31.9 Å². The average Bonchev–Trinajstić information content (AvgIpc) is 2.41. The van der Waals surface area contributed by atoms with Gasteiger partial charge in [-0.05, 0) is 40.9 Å². The molecule has 0 saturated carbocycles. The maximum Gasteiger partial charge on any atom is 0.340 e. The van der Waals surface area contributed by atoms with Crippen molar-refractivity contribution in [1.82, 2.24) is 0 Å². The van der Waals surface area contributed by atoms with Crippen LogP contribution in [0.4, 0.5) is 0 Å². The number of hydrogen-bond donors (Lipinski definition) is 0. The Balaban J connectivity index is 3.13. The lowest BCUT2D eigenvalue weighted by molar-refractivity contribution is 0.0457. The second-order valence-corrected chi connectivity index (χ2v) is 5.85. The summed E-state index contributed by atoms with van der Waals surface area (Å²) in [5, 5.41) is 0. The summed E-state index contributed by atoms with van der Waals surface area (Å²) < 4.78 is 11.4. The summed E-state index contributed by atoms with van der Waals surface area (Å²) in [6.45, 7) is 4.43. The number of esters is 2.